The summed E-state index contributed by atoms with van der Waals surface area (Å²) in [5, 5.41) is 9.29. The maximum atomic E-state index is 11.0. The molecule has 6 heteroatoms. The van der Waals surface area contributed by atoms with Gasteiger partial charge in [0, 0.05) is 31.9 Å². The molecule has 18 heavy (non-hydrogen) atoms. The summed E-state index contributed by atoms with van der Waals surface area (Å²) in [5.41, 5.74) is 1.23. The summed E-state index contributed by atoms with van der Waals surface area (Å²) in [6.45, 7) is 1.99. The molecule has 1 saturated heterocycles. The van der Waals surface area contributed by atoms with Crippen LogP contribution in [0, 0.1) is 0 Å². The number of carbonyl (C=O) groups excluding carboxylic acids is 1. The first-order chi connectivity index (χ1) is 8.63. The van der Waals surface area contributed by atoms with E-state index in [0.717, 1.165) is 12.0 Å². The number of anilines is 1. The molecule has 0 saturated carbocycles. The lowest BCUT2D eigenvalue weighted by Gasteiger charge is -2.35. The van der Waals surface area contributed by atoms with Gasteiger partial charge in [-0.3, -0.25) is 4.79 Å². The van der Waals surface area contributed by atoms with Crippen LogP contribution in [0.1, 0.15) is 10.4 Å². The van der Waals surface area contributed by atoms with Crippen LogP contribution in [0.15, 0.2) is 18.2 Å². The zero-order valence-corrected chi connectivity index (χ0v) is 10.4. The normalized spacial score (nSPS) is 15.6. The summed E-state index contributed by atoms with van der Waals surface area (Å²) >= 11 is 5.97. The molecule has 1 fully saturated rings. The number of hydrogen-bond acceptors (Lipinski definition) is 3. The van der Waals surface area contributed by atoms with Crippen LogP contribution in [-0.2, 0) is 0 Å². The fraction of sp³-hybridized carbons (Fsp3) is 0.333. The van der Waals surface area contributed by atoms with Crippen LogP contribution < -0.4 is 4.90 Å². The molecule has 96 valence electrons. The third-order valence-corrected chi connectivity index (χ3v) is 3.37. The smallest absolute Gasteiger partial charge is 0.407 e. The summed E-state index contributed by atoms with van der Waals surface area (Å²) in [6, 6.07) is 5.28. The number of amides is 1. The fourth-order valence-corrected chi connectivity index (χ4v) is 2.27. The van der Waals surface area contributed by atoms with Crippen molar-refractivity contribution in [2.75, 3.05) is 31.1 Å². The Kier molecular flexibility index (Phi) is 3.72. The van der Waals surface area contributed by atoms with Crippen molar-refractivity contribution in [3.63, 3.8) is 0 Å². The van der Waals surface area contributed by atoms with Gasteiger partial charge in [0.2, 0.25) is 0 Å². The van der Waals surface area contributed by atoms with Gasteiger partial charge in [-0.25, -0.2) is 4.79 Å². The van der Waals surface area contributed by atoms with Crippen molar-refractivity contribution in [3.05, 3.63) is 28.8 Å². The zero-order valence-electron chi connectivity index (χ0n) is 9.67. The quantitative estimate of drug-likeness (QED) is 0.833. The zero-order chi connectivity index (χ0) is 13.1. The van der Waals surface area contributed by atoms with Crippen molar-refractivity contribution >= 4 is 29.7 Å². The molecule has 0 spiro atoms. The van der Waals surface area contributed by atoms with Gasteiger partial charge in [0.05, 0.1) is 10.6 Å². The Hall–Kier alpha value is -1.75. The molecule has 0 atom stereocenters. The molecule has 0 bridgehead atoms. The Bertz CT molecular complexity index is 470. The SMILES string of the molecule is O=Cc1c(Cl)cccc1N1CCN(C(=O)O)CC1. The van der Waals surface area contributed by atoms with E-state index in [2.05, 4.69) is 0 Å². The van der Waals surface area contributed by atoms with Crippen molar-refractivity contribution < 1.29 is 14.7 Å². The second-order valence-corrected chi connectivity index (χ2v) is 4.45. The monoisotopic (exact) mass is 268 g/mol. The number of aldehydes is 1. The van der Waals surface area contributed by atoms with E-state index in [1.165, 1.54) is 4.90 Å². The lowest BCUT2D eigenvalue weighted by molar-refractivity contribution is 0.112. The first kappa shape index (κ1) is 12.7. The van der Waals surface area contributed by atoms with Crippen molar-refractivity contribution in [2.24, 2.45) is 0 Å². The van der Waals surface area contributed by atoms with E-state index in [9.17, 15) is 9.59 Å². The number of piperazine rings is 1. The Balaban J connectivity index is 2.17. The van der Waals surface area contributed by atoms with E-state index < -0.39 is 6.09 Å². The van der Waals surface area contributed by atoms with E-state index in [0.29, 0.717) is 36.8 Å². The Morgan fingerprint density at radius 2 is 1.94 bits per heavy atom. The van der Waals surface area contributed by atoms with E-state index >= 15 is 0 Å². The lowest BCUT2D eigenvalue weighted by Crippen LogP contribution is -2.48. The molecular formula is C12H13ClN2O3. The highest BCUT2D eigenvalue weighted by atomic mass is 35.5. The maximum absolute atomic E-state index is 11.0. The van der Waals surface area contributed by atoms with Crippen molar-refractivity contribution in [3.8, 4) is 0 Å². The lowest BCUT2D eigenvalue weighted by atomic mass is 10.1. The standard InChI is InChI=1S/C12H13ClN2O3/c13-10-2-1-3-11(9(10)8-16)14-4-6-15(7-5-14)12(17)18/h1-3,8H,4-7H2,(H,17,18). The molecule has 1 heterocycles. The van der Waals surface area contributed by atoms with Crippen LogP contribution in [0.4, 0.5) is 10.5 Å². The highest BCUT2D eigenvalue weighted by Crippen LogP contribution is 2.26. The van der Waals surface area contributed by atoms with E-state index in [-0.39, 0.29) is 0 Å². The molecule has 1 aliphatic heterocycles. The van der Waals surface area contributed by atoms with E-state index in [1.54, 1.807) is 12.1 Å². The minimum absolute atomic E-state index is 0.420. The second kappa shape index (κ2) is 5.27. The Morgan fingerprint density at radius 1 is 1.28 bits per heavy atom. The van der Waals surface area contributed by atoms with Crippen LogP contribution in [0.3, 0.4) is 0 Å². The minimum Gasteiger partial charge on any atom is -0.465 e. The summed E-state index contributed by atoms with van der Waals surface area (Å²) in [5.74, 6) is 0. The number of carbonyl (C=O) groups is 2. The van der Waals surface area contributed by atoms with Gasteiger partial charge in [-0.05, 0) is 12.1 Å². The van der Waals surface area contributed by atoms with Crippen LogP contribution >= 0.6 is 11.6 Å². The molecule has 1 aliphatic rings. The molecule has 2 rings (SSSR count). The summed E-state index contributed by atoms with van der Waals surface area (Å²) in [4.78, 5) is 25.2. The molecule has 0 radical (unpaired) electrons. The molecule has 0 aliphatic carbocycles. The third-order valence-electron chi connectivity index (χ3n) is 3.04. The van der Waals surface area contributed by atoms with Gasteiger partial charge < -0.3 is 14.9 Å². The molecule has 1 amide bonds. The summed E-state index contributed by atoms with van der Waals surface area (Å²) in [6.07, 6.45) is -0.169. The third kappa shape index (κ3) is 2.41. The molecule has 1 aromatic rings. The van der Waals surface area contributed by atoms with Gasteiger partial charge in [0.1, 0.15) is 0 Å². The second-order valence-electron chi connectivity index (χ2n) is 4.05. The topological polar surface area (TPSA) is 60.9 Å². The molecule has 5 nitrogen and oxygen atoms in total. The Labute approximate surface area is 110 Å². The molecule has 0 aromatic heterocycles. The predicted molar refractivity (Wildman–Crippen MR) is 68.7 cm³/mol. The highest BCUT2D eigenvalue weighted by Gasteiger charge is 2.22. The Morgan fingerprint density at radius 3 is 2.50 bits per heavy atom. The number of benzene rings is 1. The molecule has 1 aromatic carbocycles. The first-order valence-corrected chi connectivity index (χ1v) is 5.98. The van der Waals surface area contributed by atoms with Gasteiger partial charge in [-0.1, -0.05) is 17.7 Å². The van der Waals surface area contributed by atoms with Crippen molar-refractivity contribution in [1.82, 2.24) is 4.90 Å². The van der Waals surface area contributed by atoms with Gasteiger partial charge >= 0.3 is 6.09 Å². The van der Waals surface area contributed by atoms with Crippen LogP contribution in [0.5, 0.6) is 0 Å². The minimum atomic E-state index is -0.906. The molecule has 1 N–H and O–H groups in total. The number of halogens is 1. The average Bonchev–Trinajstić information content (AvgIpc) is 2.38. The van der Waals surface area contributed by atoms with E-state index in [4.69, 9.17) is 16.7 Å². The average molecular weight is 269 g/mol. The van der Waals surface area contributed by atoms with Crippen LogP contribution in [0.25, 0.3) is 0 Å². The van der Waals surface area contributed by atoms with Gasteiger partial charge in [0.25, 0.3) is 0 Å². The molecular weight excluding hydrogens is 256 g/mol. The van der Waals surface area contributed by atoms with Crippen LogP contribution in [0.2, 0.25) is 5.02 Å². The highest BCUT2D eigenvalue weighted by molar-refractivity contribution is 6.33. The van der Waals surface area contributed by atoms with Gasteiger partial charge in [-0.2, -0.15) is 0 Å². The number of nitrogens with zero attached hydrogens (tertiary/aromatic N) is 2. The van der Waals surface area contributed by atoms with E-state index in [1.807, 2.05) is 11.0 Å². The first-order valence-electron chi connectivity index (χ1n) is 5.60. The number of carboxylic acid groups (broad SMARTS) is 1. The largest absolute Gasteiger partial charge is 0.465 e. The number of hydrogen-bond donors (Lipinski definition) is 1. The summed E-state index contributed by atoms with van der Waals surface area (Å²) in [7, 11) is 0. The van der Waals surface area contributed by atoms with Gasteiger partial charge in [-0.15, -0.1) is 0 Å². The predicted octanol–water partition coefficient (Wildman–Crippen LogP) is 1.95. The van der Waals surface area contributed by atoms with Crippen molar-refractivity contribution in [2.45, 2.75) is 0 Å². The fourth-order valence-electron chi connectivity index (χ4n) is 2.06. The molecule has 0 unspecified atom stereocenters. The van der Waals surface area contributed by atoms with Crippen LogP contribution in [-0.4, -0.2) is 48.6 Å². The maximum Gasteiger partial charge on any atom is 0.407 e. The van der Waals surface area contributed by atoms with Gasteiger partial charge in [0.15, 0.2) is 6.29 Å². The number of rotatable bonds is 2. The van der Waals surface area contributed by atoms with Crippen molar-refractivity contribution in [1.29, 1.82) is 0 Å². The summed E-state index contributed by atoms with van der Waals surface area (Å²) < 4.78 is 0.